The Hall–Kier alpha value is -0.990. The van der Waals surface area contributed by atoms with Gasteiger partial charge >= 0.3 is 0 Å². The quantitative estimate of drug-likeness (QED) is 0.618. The van der Waals surface area contributed by atoms with Gasteiger partial charge in [0.1, 0.15) is 5.67 Å². The molecule has 0 fully saturated rings. The van der Waals surface area contributed by atoms with Crippen LogP contribution in [0.15, 0.2) is 12.3 Å². The molecule has 3 heteroatoms. The molecule has 0 saturated carbocycles. The summed E-state index contributed by atoms with van der Waals surface area (Å²) >= 11 is 0. The third-order valence-electron chi connectivity index (χ3n) is 1.55. The fraction of sp³-hybridized carbons (Fsp3) is 0.500. The lowest BCUT2D eigenvalue weighted by Gasteiger charge is -2.15. The zero-order chi connectivity index (χ0) is 8.48. The highest BCUT2D eigenvalue weighted by Crippen LogP contribution is 2.25. The molecule has 0 saturated heterocycles. The lowest BCUT2D eigenvalue weighted by Crippen LogP contribution is -2.12. The maximum Gasteiger partial charge on any atom is 0.132 e. The summed E-state index contributed by atoms with van der Waals surface area (Å²) in [5.41, 5.74) is -0.0625. The highest BCUT2D eigenvalue weighted by atomic mass is 19.1. The number of aromatic nitrogens is 2. The molecule has 11 heavy (non-hydrogen) atoms. The molecule has 1 heterocycles. The fourth-order valence-electron chi connectivity index (χ4n) is 1.03. The Morgan fingerprint density at radius 3 is 2.45 bits per heavy atom. The van der Waals surface area contributed by atoms with E-state index in [1.54, 1.807) is 13.0 Å². The first kappa shape index (κ1) is 8.11. The summed E-state index contributed by atoms with van der Waals surface area (Å²) in [6, 6.07) is 1.66. The second-order valence-corrected chi connectivity index (χ2v) is 3.00. The lowest BCUT2D eigenvalue weighted by molar-refractivity contribution is 0.219. The van der Waals surface area contributed by atoms with Crippen LogP contribution >= 0.6 is 0 Å². The lowest BCUT2D eigenvalue weighted by atomic mass is 10.00. The smallest absolute Gasteiger partial charge is 0.132 e. The van der Waals surface area contributed by atoms with Crippen molar-refractivity contribution >= 4 is 0 Å². The van der Waals surface area contributed by atoms with Gasteiger partial charge in [0.15, 0.2) is 0 Å². The Bertz CT molecular complexity index is 253. The Morgan fingerprint density at radius 2 is 2.09 bits per heavy atom. The van der Waals surface area contributed by atoms with Gasteiger partial charge in [-0.2, -0.15) is 10.2 Å². The van der Waals surface area contributed by atoms with Gasteiger partial charge in [-0.1, -0.05) is 0 Å². The average molecular weight is 154 g/mol. The van der Waals surface area contributed by atoms with E-state index < -0.39 is 5.67 Å². The first-order valence-electron chi connectivity index (χ1n) is 3.49. The topological polar surface area (TPSA) is 25.8 Å². The van der Waals surface area contributed by atoms with Crippen LogP contribution in [-0.2, 0) is 5.67 Å². The first-order chi connectivity index (χ1) is 5.02. The van der Waals surface area contributed by atoms with Crippen molar-refractivity contribution in [3.05, 3.63) is 23.5 Å². The summed E-state index contributed by atoms with van der Waals surface area (Å²) in [6.07, 6.45) is 1.50. The van der Waals surface area contributed by atoms with E-state index in [1.807, 2.05) is 0 Å². The highest BCUT2D eigenvalue weighted by molar-refractivity contribution is 5.22. The Labute approximate surface area is 65.5 Å². The van der Waals surface area contributed by atoms with Crippen molar-refractivity contribution in [3.8, 4) is 0 Å². The predicted octanol–water partition coefficient (Wildman–Crippen LogP) is 1.99. The van der Waals surface area contributed by atoms with Gasteiger partial charge in [0.25, 0.3) is 0 Å². The summed E-state index contributed by atoms with van der Waals surface area (Å²) in [4.78, 5) is 0. The minimum Gasteiger partial charge on any atom is -0.239 e. The van der Waals surface area contributed by atoms with E-state index in [2.05, 4.69) is 10.2 Å². The van der Waals surface area contributed by atoms with Gasteiger partial charge in [-0.15, -0.1) is 0 Å². The van der Waals surface area contributed by atoms with Gasteiger partial charge in [0, 0.05) is 11.8 Å². The molecule has 0 unspecified atom stereocenters. The Kier molecular flexibility index (Phi) is 1.89. The van der Waals surface area contributed by atoms with Gasteiger partial charge in [0.05, 0.1) is 5.69 Å². The minimum atomic E-state index is -1.32. The van der Waals surface area contributed by atoms with Gasteiger partial charge in [-0.3, -0.25) is 0 Å². The van der Waals surface area contributed by atoms with Crippen molar-refractivity contribution in [2.24, 2.45) is 0 Å². The van der Waals surface area contributed by atoms with Crippen LogP contribution in [0, 0.1) is 6.92 Å². The van der Waals surface area contributed by atoms with Crippen molar-refractivity contribution in [1.29, 1.82) is 0 Å². The maximum absolute atomic E-state index is 13.3. The number of hydrogen-bond donors (Lipinski definition) is 0. The molecule has 0 aliphatic rings. The SMILES string of the molecule is Cc1nnccc1C(C)(C)F. The average Bonchev–Trinajstić information content (AvgIpc) is 1.86. The van der Waals surface area contributed by atoms with Crippen molar-refractivity contribution in [2.75, 3.05) is 0 Å². The fourth-order valence-corrected chi connectivity index (χ4v) is 1.03. The molecule has 0 atom stereocenters. The first-order valence-corrected chi connectivity index (χ1v) is 3.49. The number of alkyl halides is 1. The molecule has 0 N–H and O–H groups in total. The third kappa shape index (κ3) is 1.73. The van der Waals surface area contributed by atoms with Gasteiger partial charge in [-0.25, -0.2) is 4.39 Å². The van der Waals surface area contributed by atoms with E-state index in [1.165, 1.54) is 20.0 Å². The second kappa shape index (κ2) is 2.57. The monoisotopic (exact) mass is 154 g/mol. The number of nitrogens with zero attached hydrogens (tertiary/aromatic N) is 2. The number of hydrogen-bond acceptors (Lipinski definition) is 2. The van der Waals surface area contributed by atoms with Gasteiger partial charge in [-0.05, 0) is 26.8 Å². The number of rotatable bonds is 1. The van der Waals surface area contributed by atoms with Crippen molar-refractivity contribution in [1.82, 2.24) is 10.2 Å². The summed E-state index contributed by atoms with van der Waals surface area (Å²) in [7, 11) is 0. The Balaban J connectivity index is 3.14. The van der Waals surface area contributed by atoms with E-state index in [4.69, 9.17) is 0 Å². The molecule has 0 aliphatic heterocycles. The summed E-state index contributed by atoms with van der Waals surface area (Å²) in [5, 5.41) is 7.40. The van der Waals surface area contributed by atoms with Crippen LogP contribution < -0.4 is 0 Å². The molecule has 0 radical (unpaired) electrons. The summed E-state index contributed by atoms with van der Waals surface area (Å²) < 4.78 is 13.3. The van der Waals surface area contributed by atoms with E-state index >= 15 is 0 Å². The minimum absolute atomic E-state index is 0.604. The van der Waals surface area contributed by atoms with E-state index in [0.29, 0.717) is 11.3 Å². The normalized spacial score (nSPS) is 11.6. The molecule has 1 rings (SSSR count). The van der Waals surface area contributed by atoms with Crippen LogP contribution in [0.4, 0.5) is 4.39 Å². The van der Waals surface area contributed by atoms with E-state index in [9.17, 15) is 4.39 Å². The zero-order valence-electron chi connectivity index (χ0n) is 6.93. The molecule has 1 aromatic heterocycles. The second-order valence-electron chi connectivity index (χ2n) is 3.00. The van der Waals surface area contributed by atoms with Crippen molar-refractivity contribution in [3.63, 3.8) is 0 Å². The highest BCUT2D eigenvalue weighted by Gasteiger charge is 2.21. The molecule has 0 spiro atoms. The van der Waals surface area contributed by atoms with Crippen LogP contribution in [-0.4, -0.2) is 10.2 Å². The van der Waals surface area contributed by atoms with Crippen LogP contribution in [0.3, 0.4) is 0 Å². The summed E-state index contributed by atoms with van der Waals surface area (Å²) in [5.74, 6) is 0. The molecule has 0 amide bonds. The molecule has 60 valence electrons. The predicted molar refractivity (Wildman–Crippen MR) is 40.9 cm³/mol. The van der Waals surface area contributed by atoms with Gasteiger partial charge in [0.2, 0.25) is 0 Å². The van der Waals surface area contributed by atoms with Crippen LogP contribution in [0.2, 0.25) is 0 Å². The van der Waals surface area contributed by atoms with Crippen molar-refractivity contribution in [2.45, 2.75) is 26.4 Å². The number of halogens is 1. The van der Waals surface area contributed by atoms with Crippen molar-refractivity contribution < 1.29 is 4.39 Å². The molecular formula is C8H11FN2. The molecule has 0 aliphatic carbocycles. The standard InChI is InChI=1S/C8H11FN2/c1-6-7(8(2,3)9)4-5-10-11-6/h4-5H,1-3H3. The zero-order valence-corrected chi connectivity index (χ0v) is 6.93. The largest absolute Gasteiger partial charge is 0.239 e. The third-order valence-corrected chi connectivity index (χ3v) is 1.55. The van der Waals surface area contributed by atoms with E-state index in [-0.39, 0.29) is 0 Å². The maximum atomic E-state index is 13.3. The van der Waals surface area contributed by atoms with E-state index in [0.717, 1.165) is 0 Å². The Morgan fingerprint density at radius 1 is 1.45 bits per heavy atom. The molecule has 0 bridgehead atoms. The summed E-state index contributed by atoms with van der Waals surface area (Å²) in [6.45, 7) is 4.78. The van der Waals surface area contributed by atoms with Crippen LogP contribution in [0.5, 0.6) is 0 Å². The molecule has 1 aromatic rings. The molecule has 0 aromatic carbocycles. The molecule has 2 nitrogen and oxygen atoms in total. The van der Waals surface area contributed by atoms with Gasteiger partial charge < -0.3 is 0 Å². The number of aryl methyl sites for hydroxylation is 1. The molecular weight excluding hydrogens is 143 g/mol. The van der Waals surface area contributed by atoms with Crippen LogP contribution in [0.1, 0.15) is 25.1 Å². The van der Waals surface area contributed by atoms with Crippen LogP contribution in [0.25, 0.3) is 0 Å².